The molecular weight excluding hydrogens is 364 g/mol. The first-order valence-corrected chi connectivity index (χ1v) is 10.8. The highest BCUT2D eigenvalue weighted by Crippen LogP contribution is 2.32. The fourth-order valence-electron chi connectivity index (χ4n) is 3.49. The molecule has 0 unspecified atom stereocenters. The van der Waals surface area contributed by atoms with Crippen molar-refractivity contribution < 1.29 is 17.9 Å². The molecule has 2 aromatic rings. The second kappa shape index (κ2) is 7.88. The van der Waals surface area contributed by atoms with Gasteiger partial charge in [-0.25, -0.2) is 13.1 Å². The van der Waals surface area contributed by atoms with Gasteiger partial charge in [-0.1, -0.05) is 24.3 Å². The maximum Gasteiger partial charge on any atom is 0.241 e. The number of hydrogen-bond acceptors (Lipinski definition) is 5. The molecule has 2 aromatic carbocycles. The fourth-order valence-corrected chi connectivity index (χ4v) is 4.52. The van der Waals surface area contributed by atoms with Crippen LogP contribution in [0.4, 0.5) is 0 Å². The molecule has 0 aromatic heterocycles. The largest absolute Gasteiger partial charge is 0.486 e. The zero-order chi connectivity index (χ0) is 18.7. The molecule has 0 radical (unpaired) electrons. The first-order valence-electron chi connectivity index (χ1n) is 9.30. The van der Waals surface area contributed by atoms with E-state index < -0.39 is 10.0 Å². The van der Waals surface area contributed by atoms with Crippen LogP contribution in [0.3, 0.4) is 0 Å². The highest BCUT2D eigenvalue weighted by atomic mass is 32.2. The van der Waals surface area contributed by atoms with Crippen molar-refractivity contribution in [2.24, 2.45) is 0 Å². The van der Waals surface area contributed by atoms with Crippen molar-refractivity contribution in [1.29, 1.82) is 0 Å². The van der Waals surface area contributed by atoms with E-state index in [0.717, 1.165) is 25.2 Å². The van der Waals surface area contributed by atoms with Gasteiger partial charge in [-0.05, 0) is 49.2 Å². The summed E-state index contributed by atoms with van der Waals surface area (Å²) in [6.45, 7) is 4.36. The maximum atomic E-state index is 12.6. The lowest BCUT2D eigenvalue weighted by Gasteiger charge is -2.19. The summed E-state index contributed by atoms with van der Waals surface area (Å²) >= 11 is 0. The van der Waals surface area contributed by atoms with E-state index in [1.165, 1.54) is 24.5 Å². The quantitative estimate of drug-likeness (QED) is 0.824. The van der Waals surface area contributed by atoms with E-state index in [1.807, 2.05) is 12.1 Å². The first kappa shape index (κ1) is 18.3. The second-order valence-electron chi connectivity index (χ2n) is 6.93. The first-order chi connectivity index (χ1) is 13.1. The molecule has 7 heteroatoms. The Hall–Kier alpha value is -2.09. The number of nitrogens with one attached hydrogen (secondary N) is 1. The molecule has 0 amide bonds. The Balaban J connectivity index is 1.43. The number of nitrogens with zero attached hydrogens (tertiary/aromatic N) is 1. The van der Waals surface area contributed by atoms with E-state index in [4.69, 9.17) is 9.47 Å². The minimum Gasteiger partial charge on any atom is -0.486 e. The summed E-state index contributed by atoms with van der Waals surface area (Å²) in [4.78, 5) is 2.61. The van der Waals surface area contributed by atoms with E-state index >= 15 is 0 Å². The van der Waals surface area contributed by atoms with Gasteiger partial charge < -0.3 is 9.47 Å². The molecule has 1 N–H and O–H groups in total. The van der Waals surface area contributed by atoms with Crippen LogP contribution in [-0.4, -0.2) is 39.6 Å². The molecule has 0 saturated carbocycles. The lowest BCUT2D eigenvalue weighted by molar-refractivity contribution is 0.171. The van der Waals surface area contributed by atoms with Crippen LogP contribution in [0.2, 0.25) is 0 Å². The van der Waals surface area contributed by atoms with E-state index in [-0.39, 0.29) is 11.4 Å². The van der Waals surface area contributed by atoms with Gasteiger partial charge in [0.2, 0.25) is 10.0 Å². The molecule has 2 heterocycles. The van der Waals surface area contributed by atoms with Gasteiger partial charge in [-0.15, -0.1) is 0 Å². The van der Waals surface area contributed by atoms with Crippen molar-refractivity contribution in [1.82, 2.24) is 9.62 Å². The van der Waals surface area contributed by atoms with E-state index in [0.29, 0.717) is 24.7 Å². The predicted molar refractivity (Wildman–Crippen MR) is 102 cm³/mol. The molecule has 4 rings (SSSR count). The maximum absolute atomic E-state index is 12.6. The molecule has 1 fully saturated rings. The Bertz CT molecular complexity index is 908. The molecule has 1 saturated heterocycles. The van der Waals surface area contributed by atoms with Crippen molar-refractivity contribution in [3.8, 4) is 11.5 Å². The summed E-state index contributed by atoms with van der Waals surface area (Å²) in [7, 11) is -3.62. The Morgan fingerprint density at radius 2 is 1.67 bits per heavy atom. The Kier molecular flexibility index (Phi) is 5.33. The Labute approximate surface area is 160 Å². The van der Waals surface area contributed by atoms with Crippen molar-refractivity contribution in [3.05, 3.63) is 53.6 Å². The standard InChI is InChI=1S/C20H24N2O4S/c23-27(24,18-6-7-19-20(13-18)26-11-10-25-19)21-14-16-4-3-5-17(12-16)15-22-8-1-2-9-22/h3-7,12-13,21H,1-2,8-11,14-15H2. The predicted octanol–water partition coefficient (Wildman–Crippen LogP) is 2.53. The van der Waals surface area contributed by atoms with Crippen LogP contribution in [0.1, 0.15) is 24.0 Å². The molecule has 144 valence electrons. The van der Waals surface area contributed by atoms with Crippen LogP contribution in [0.25, 0.3) is 0 Å². The summed E-state index contributed by atoms with van der Waals surface area (Å²) in [5, 5.41) is 0. The molecule has 2 aliphatic heterocycles. The van der Waals surface area contributed by atoms with Gasteiger partial charge in [0.05, 0.1) is 4.90 Å². The van der Waals surface area contributed by atoms with Gasteiger partial charge in [-0.3, -0.25) is 4.90 Å². The minimum atomic E-state index is -3.62. The number of benzene rings is 2. The van der Waals surface area contributed by atoms with Crippen LogP contribution in [-0.2, 0) is 23.1 Å². The molecule has 0 aliphatic carbocycles. The smallest absolute Gasteiger partial charge is 0.241 e. The zero-order valence-electron chi connectivity index (χ0n) is 15.2. The summed E-state index contributed by atoms with van der Waals surface area (Å²) < 4.78 is 38.9. The third kappa shape index (κ3) is 4.43. The number of fused-ring (bicyclic) bond motifs is 1. The van der Waals surface area contributed by atoms with Gasteiger partial charge in [0.1, 0.15) is 13.2 Å². The number of ether oxygens (including phenoxy) is 2. The number of hydrogen-bond donors (Lipinski definition) is 1. The Morgan fingerprint density at radius 1 is 0.926 bits per heavy atom. The van der Waals surface area contributed by atoms with E-state index in [9.17, 15) is 8.42 Å². The van der Waals surface area contributed by atoms with Crippen molar-refractivity contribution in [2.45, 2.75) is 30.8 Å². The SMILES string of the molecule is O=S(=O)(NCc1cccc(CN2CCCC2)c1)c1ccc2c(c1)OCCO2. The highest BCUT2D eigenvalue weighted by Gasteiger charge is 2.19. The van der Waals surface area contributed by atoms with E-state index in [2.05, 4.69) is 21.8 Å². The molecule has 0 spiro atoms. The van der Waals surface area contributed by atoms with Crippen molar-refractivity contribution >= 4 is 10.0 Å². The molecule has 27 heavy (non-hydrogen) atoms. The third-order valence-corrected chi connectivity index (χ3v) is 6.29. The van der Waals surface area contributed by atoms with Crippen LogP contribution >= 0.6 is 0 Å². The van der Waals surface area contributed by atoms with Crippen molar-refractivity contribution in [2.75, 3.05) is 26.3 Å². The van der Waals surface area contributed by atoms with Crippen LogP contribution in [0.5, 0.6) is 11.5 Å². The molecular formula is C20H24N2O4S. The average Bonchev–Trinajstić information content (AvgIpc) is 3.19. The van der Waals surface area contributed by atoms with Crippen LogP contribution in [0.15, 0.2) is 47.4 Å². The van der Waals surface area contributed by atoms with E-state index in [1.54, 1.807) is 12.1 Å². The van der Waals surface area contributed by atoms with Gasteiger partial charge in [0.25, 0.3) is 0 Å². The second-order valence-corrected chi connectivity index (χ2v) is 8.70. The Morgan fingerprint density at radius 3 is 2.48 bits per heavy atom. The minimum absolute atomic E-state index is 0.181. The third-order valence-electron chi connectivity index (χ3n) is 4.89. The van der Waals surface area contributed by atoms with Gasteiger partial charge in [-0.2, -0.15) is 0 Å². The lowest BCUT2D eigenvalue weighted by atomic mass is 10.1. The number of likely N-dealkylation sites (tertiary alicyclic amines) is 1. The molecule has 6 nitrogen and oxygen atoms in total. The summed E-state index contributed by atoms with van der Waals surface area (Å²) in [5.74, 6) is 1.05. The topological polar surface area (TPSA) is 67.9 Å². The number of sulfonamides is 1. The van der Waals surface area contributed by atoms with Gasteiger partial charge in [0.15, 0.2) is 11.5 Å². The molecule has 2 aliphatic rings. The highest BCUT2D eigenvalue weighted by molar-refractivity contribution is 7.89. The average molecular weight is 388 g/mol. The zero-order valence-corrected chi connectivity index (χ0v) is 16.0. The number of rotatable bonds is 6. The molecule has 0 atom stereocenters. The lowest BCUT2D eigenvalue weighted by Crippen LogP contribution is -2.24. The normalized spacial score (nSPS) is 17.2. The van der Waals surface area contributed by atoms with Crippen LogP contribution in [0, 0.1) is 0 Å². The van der Waals surface area contributed by atoms with Gasteiger partial charge in [0, 0.05) is 19.2 Å². The van der Waals surface area contributed by atoms with Crippen molar-refractivity contribution in [3.63, 3.8) is 0 Å². The van der Waals surface area contributed by atoms with Crippen LogP contribution < -0.4 is 14.2 Å². The summed E-state index contributed by atoms with van der Waals surface area (Å²) in [5.41, 5.74) is 2.17. The summed E-state index contributed by atoms with van der Waals surface area (Å²) in [6.07, 6.45) is 2.52. The monoisotopic (exact) mass is 388 g/mol. The van der Waals surface area contributed by atoms with Gasteiger partial charge >= 0.3 is 0 Å². The molecule has 0 bridgehead atoms. The fraction of sp³-hybridized carbons (Fsp3) is 0.400. The summed E-state index contributed by atoms with van der Waals surface area (Å²) in [6, 6.07) is 12.8.